The minimum absolute atomic E-state index is 0.0274. The maximum absolute atomic E-state index is 12.8. The van der Waals surface area contributed by atoms with Gasteiger partial charge in [0, 0.05) is 12.8 Å². The zero-order valence-corrected chi connectivity index (χ0v) is 43.9. The molecule has 0 aliphatic rings. The third-order valence-corrected chi connectivity index (χ3v) is 13.2. The molecule has 0 bridgehead atoms. The molecule has 0 amide bonds. The van der Waals surface area contributed by atoms with Crippen LogP contribution in [0.25, 0.3) is 0 Å². The van der Waals surface area contributed by atoms with Crippen LogP contribution in [0.2, 0.25) is 0 Å². The van der Waals surface area contributed by atoms with Crippen LogP contribution in [0.3, 0.4) is 0 Å². The van der Waals surface area contributed by atoms with Gasteiger partial charge in [-0.2, -0.15) is 0 Å². The van der Waals surface area contributed by atoms with E-state index in [-0.39, 0.29) is 32.0 Å². The molecule has 380 valence electrons. The van der Waals surface area contributed by atoms with Crippen molar-refractivity contribution in [1.82, 2.24) is 0 Å². The van der Waals surface area contributed by atoms with E-state index in [2.05, 4.69) is 26.0 Å². The molecule has 0 rings (SSSR count). The molecule has 10 heteroatoms. The predicted octanol–water partition coefficient (Wildman–Crippen LogP) is 15.8. The molecule has 0 fully saturated rings. The summed E-state index contributed by atoms with van der Waals surface area (Å²) in [5.74, 6) is -0.819. The second kappa shape index (κ2) is 46.8. The van der Waals surface area contributed by atoms with E-state index in [1.54, 1.807) is 0 Å². The molecule has 0 spiro atoms. The summed E-state index contributed by atoms with van der Waals surface area (Å²) in [4.78, 5) is 37.8. The third-order valence-electron chi connectivity index (χ3n) is 12.3. The van der Waals surface area contributed by atoms with E-state index >= 15 is 0 Å². The first kappa shape index (κ1) is 62.8. The Morgan fingerprint density at radius 1 is 0.469 bits per heavy atom. The lowest BCUT2D eigenvalue weighted by Crippen LogP contribution is -2.37. The normalized spacial score (nSPS) is 13.4. The van der Waals surface area contributed by atoms with Crippen LogP contribution in [0.4, 0.5) is 0 Å². The topological polar surface area (TPSA) is 111 Å². The summed E-state index contributed by atoms with van der Waals surface area (Å²) in [5.41, 5.74) is 0. The van der Waals surface area contributed by atoms with Crippen molar-refractivity contribution in [3.63, 3.8) is 0 Å². The van der Waals surface area contributed by atoms with E-state index in [0.29, 0.717) is 17.4 Å². The highest BCUT2D eigenvalue weighted by Crippen LogP contribution is 2.38. The van der Waals surface area contributed by atoms with Crippen molar-refractivity contribution in [3.05, 3.63) is 12.2 Å². The minimum atomic E-state index is -4.63. The Morgan fingerprint density at radius 2 is 0.797 bits per heavy atom. The molecule has 0 aromatic rings. The summed E-state index contributed by atoms with van der Waals surface area (Å²) >= 11 is 0. The van der Waals surface area contributed by atoms with E-state index < -0.39 is 26.5 Å². The largest absolute Gasteiger partial charge is 0.756 e. The van der Waals surface area contributed by atoms with Crippen LogP contribution in [-0.4, -0.2) is 70.0 Å². The zero-order valence-electron chi connectivity index (χ0n) is 43.0. The second-order valence-corrected chi connectivity index (χ2v) is 21.4. The Kier molecular flexibility index (Phi) is 45.9. The second-order valence-electron chi connectivity index (χ2n) is 20.0. The SMILES string of the molecule is CCCCCC/C=C/CCCCCCCCCCCC(=O)OC[C@H](COP(=O)([O-])OCC[N+](C)(C)C)OC(=O)CCCCCCCCCCCCCCCCCCCCCCCCC. The van der Waals surface area contributed by atoms with Crippen LogP contribution in [0.1, 0.15) is 271 Å². The molecule has 0 aliphatic heterocycles. The summed E-state index contributed by atoms with van der Waals surface area (Å²) in [5, 5.41) is 0. The molecular weight excluding hydrogens is 822 g/mol. The highest BCUT2D eigenvalue weighted by molar-refractivity contribution is 7.45. The number of allylic oxidation sites excluding steroid dienone is 2. The first-order valence-electron chi connectivity index (χ1n) is 27.4. The lowest BCUT2D eigenvalue weighted by atomic mass is 10.0. The molecule has 0 aromatic carbocycles. The number of ether oxygens (including phenoxy) is 2. The highest BCUT2D eigenvalue weighted by atomic mass is 31.2. The Morgan fingerprint density at radius 3 is 1.17 bits per heavy atom. The van der Waals surface area contributed by atoms with Crippen molar-refractivity contribution < 1.29 is 42.1 Å². The van der Waals surface area contributed by atoms with E-state index in [9.17, 15) is 19.0 Å². The predicted molar refractivity (Wildman–Crippen MR) is 268 cm³/mol. The number of nitrogens with zero attached hydrogens (tertiary/aromatic N) is 1. The van der Waals surface area contributed by atoms with Crippen LogP contribution in [0, 0.1) is 0 Å². The monoisotopic (exact) mass is 928 g/mol. The van der Waals surface area contributed by atoms with Gasteiger partial charge in [-0.15, -0.1) is 0 Å². The van der Waals surface area contributed by atoms with Crippen LogP contribution < -0.4 is 4.89 Å². The minimum Gasteiger partial charge on any atom is -0.756 e. The first-order valence-corrected chi connectivity index (χ1v) is 28.9. The van der Waals surface area contributed by atoms with Crippen molar-refractivity contribution in [1.29, 1.82) is 0 Å². The molecule has 64 heavy (non-hydrogen) atoms. The molecule has 0 saturated carbocycles. The number of phosphoric ester groups is 1. The molecule has 9 nitrogen and oxygen atoms in total. The Bertz CT molecular complexity index is 1100. The van der Waals surface area contributed by atoms with Gasteiger partial charge in [-0.05, 0) is 38.5 Å². The molecule has 0 aromatic heterocycles. The summed E-state index contributed by atoms with van der Waals surface area (Å²) in [6.45, 7) is 4.27. The molecule has 0 heterocycles. The van der Waals surface area contributed by atoms with Crippen molar-refractivity contribution in [2.24, 2.45) is 0 Å². The number of quaternary nitrogens is 1. The highest BCUT2D eigenvalue weighted by Gasteiger charge is 2.21. The number of hydrogen-bond donors (Lipinski definition) is 0. The van der Waals surface area contributed by atoms with Crippen LogP contribution >= 0.6 is 7.82 Å². The summed E-state index contributed by atoms with van der Waals surface area (Å²) < 4.78 is 34.1. The van der Waals surface area contributed by atoms with Crippen LogP contribution in [0.15, 0.2) is 12.2 Å². The number of hydrogen-bond acceptors (Lipinski definition) is 8. The van der Waals surface area contributed by atoms with E-state index in [1.165, 1.54) is 205 Å². The standard InChI is InChI=1S/C54H106NO8P/c1-6-8-10-12-14-16-18-20-22-24-25-26-27-28-29-31-33-35-37-39-41-43-45-47-54(57)63-52(51-62-64(58,59)61-49-48-55(3,4)5)50-60-53(56)46-44-42-40-38-36-34-32-30-23-21-19-17-15-13-11-9-7-2/h17,19,52H,6-16,18,20-51H2,1-5H3/b19-17+/t52-/m1/s1. The molecular formula is C54H106NO8P. The first-order chi connectivity index (χ1) is 31.0. The van der Waals surface area contributed by atoms with Gasteiger partial charge in [0.1, 0.15) is 19.8 Å². The average molecular weight is 928 g/mol. The van der Waals surface area contributed by atoms with Crippen LogP contribution in [-0.2, 0) is 32.7 Å². The Balaban J connectivity index is 4.15. The van der Waals surface area contributed by atoms with Gasteiger partial charge in [0.25, 0.3) is 7.82 Å². The molecule has 0 aliphatic carbocycles. The number of unbranched alkanes of at least 4 members (excludes halogenated alkanes) is 35. The lowest BCUT2D eigenvalue weighted by Gasteiger charge is -2.28. The van der Waals surface area contributed by atoms with Gasteiger partial charge < -0.3 is 27.9 Å². The van der Waals surface area contributed by atoms with E-state index in [4.69, 9.17) is 18.5 Å². The van der Waals surface area contributed by atoms with Crippen molar-refractivity contribution in [3.8, 4) is 0 Å². The average Bonchev–Trinajstić information content (AvgIpc) is 3.25. The summed E-state index contributed by atoms with van der Waals surface area (Å²) in [7, 11) is 1.18. The Hall–Kier alpha value is -1.25. The van der Waals surface area contributed by atoms with Gasteiger partial charge in [0.2, 0.25) is 0 Å². The molecule has 1 unspecified atom stereocenters. The number of carbonyl (C=O) groups is 2. The number of rotatable bonds is 51. The number of phosphoric acid groups is 1. The van der Waals surface area contributed by atoms with Gasteiger partial charge in [-0.25, -0.2) is 0 Å². The number of likely N-dealkylation sites (N-methyl/N-ethyl adjacent to an activating group) is 1. The fourth-order valence-corrected chi connectivity index (χ4v) is 8.73. The molecule has 2 atom stereocenters. The summed E-state index contributed by atoms with van der Waals surface area (Å²) in [6, 6.07) is 0. The van der Waals surface area contributed by atoms with Crippen molar-refractivity contribution in [2.75, 3.05) is 47.5 Å². The zero-order chi connectivity index (χ0) is 47.1. The summed E-state index contributed by atoms with van der Waals surface area (Å²) in [6.07, 6.45) is 52.5. The fourth-order valence-electron chi connectivity index (χ4n) is 8.01. The maximum atomic E-state index is 12.8. The molecule has 0 saturated heterocycles. The molecule has 0 radical (unpaired) electrons. The van der Waals surface area contributed by atoms with Gasteiger partial charge in [-0.1, -0.05) is 231 Å². The fraction of sp³-hybridized carbons (Fsp3) is 0.926. The third kappa shape index (κ3) is 50.2. The lowest BCUT2D eigenvalue weighted by molar-refractivity contribution is -0.870. The van der Waals surface area contributed by atoms with Gasteiger partial charge >= 0.3 is 11.9 Å². The number of carbonyl (C=O) groups excluding carboxylic acids is 2. The maximum Gasteiger partial charge on any atom is 0.306 e. The van der Waals surface area contributed by atoms with Gasteiger partial charge in [-0.3, -0.25) is 14.2 Å². The smallest absolute Gasteiger partial charge is 0.306 e. The van der Waals surface area contributed by atoms with E-state index in [1.807, 2.05) is 21.1 Å². The van der Waals surface area contributed by atoms with E-state index in [0.717, 1.165) is 32.1 Å². The van der Waals surface area contributed by atoms with Gasteiger partial charge in [0.15, 0.2) is 6.10 Å². The van der Waals surface area contributed by atoms with Crippen molar-refractivity contribution >= 4 is 19.8 Å². The van der Waals surface area contributed by atoms with Crippen molar-refractivity contribution in [2.45, 2.75) is 277 Å². The Labute approximate surface area is 396 Å². The quantitative estimate of drug-likeness (QED) is 0.0195. The van der Waals surface area contributed by atoms with Crippen LogP contribution in [0.5, 0.6) is 0 Å². The van der Waals surface area contributed by atoms with Gasteiger partial charge in [0.05, 0.1) is 27.7 Å². The molecule has 0 N–H and O–H groups in total. The number of esters is 2.